The number of rotatable bonds is 9. The van der Waals surface area contributed by atoms with Gasteiger partial charge in [0.2, 0.25) is 17.7 Å². The summed E-state index contributed by atoms with van der Waals surface area (Å²) in [6, 6.07) is 17.8. The minimum atomic E-state index is -0.0516. The molecule has 0 radical (unpaired) electrons. The van der Waals surface area contributed by atoms with Crippen LogP contribution in [0, 0.1) is 0 Å². The van der Waals surface area contributed by atoms with Crippen molar-refractivity contribution in [1.82, 2.24) is 20.5 Å². The molecule has 0 spiro atoms. The molecule has 4 rings (SSSR count). The van der Waals surface area contributed by atoms with Gasteiger partial charge in [-0.05, 0) is 47.9 Å². The SMILES string of the molecule is COc1ccc(CCc2nnc(CCC(=O)NCc3ccc4ncccc4c3)o2)cc1. The van der Waals surface area contributed by atoms with E-state index in [-0.39, 0.29) is 5.91 Å². The number of amides is 1. The van der Waals surface area contributed by atoms with Gasteiger partial charge < -0.3 is 14.5 Å². The molecule has 7 heteroatoms. The summed E-state index contributed by atoms with van der Waals surface area (Å²) in [6.45, 7) is 0.473. The van der Waals surface area contributed by atoms with Crippen LogP contribution in [0.25, 0.3) is 10.9 Å². The van der Waals surface area contributed by atoms with Gasteiger partial charge in [0.05, 0.1) is 12.6 Å². The van der Waals surface area contributed by atoms with Crippen molar-refractivity contribution in [3.05, 3.63) is 83.7 Å². The van der Waals surface area contributed by atoms with Crippen LogP contribution in [0.5, 0.6) is 5.75 Å². The zero-order valence-electron chi connectivity index (χ0n) is 17.4. The molecule has 1 N–H and O–H groups in total. The van der Waals surface area contributed by atoms with E-state index < -0.39 is 0 Å². The molecule has 0 aliphatic heterocycles. The van der Waals surface area contributed by atoms with Crippen LogP contribution in [0.2, 0.25) is 0 Å². The standard InChI is InChI=1S/C24H24N4O3/c1-30-20-8-4-17(5-9-20)7-12-23-27-28-24(31-23)13-11-22(29)26-16-18-6-10-21-19(15-18)3-2-14-25-21/h2-6,8-10,14-15H,7,11-13,16H2,1H3,(H,26,29). The number of fused-ring (bicyclic) bond motifs is 1. The summed E-state index contributed by atoms with van der Waals surface area (Å²) >= 11 is 0. The van der Waals surface area contributed by atoms with Gasteiger partial charge in [-0.1, -0.05) is 24.3 Å². The van der Waals surface area contributed by atoms with Gasteiger partial charge in [0.25, 0.3) is 0 Å². The Morgan fingerprint density at radius 1 is 0.968 bits per heavy atom. The molecular formula is C24H24N4O3. The number of carbonyl (C=O) groups excluding carboxylic acids is 1. The van der Waals surface area contributed by atoms with Crippen LogP contribution in [0.1, 0.15) is 29.3 Å². The fraction of sp³-hybridized carbons (Fsp3) is 0.250. The molecule has 7 nitrogen and oxygen atoms in total. The number of pyridine rings is 1. The normalized spacial score (nSPS) is 10.9. The van der Waals surface area contributed by atoms with Crippen molar-refractivity contribution in [2.24, 2.45) is 0 Å². The Labute approximate surface area is 180 Å². The lowest BCUT2D eigenvalue weighted by Gasteiger charge is -2.05. The maximum Gasteiger partial charge on any atom is 0.220 e. The van der Waals surface area contributed by atoms with Crippen LogP contribution in [-0.2, 0) is 30.6 Å². The molecule has 2 heterocycles. The molecular weight excluding hydrogens is 392 g/mol. The van der Waals surface area contributed by atoms with Gasteiger partial charge in [-0.15, -0.1) is 10.2 Å². The van der Waals surface area contributed by atoms with E-state index in [4.69, 9.17) is 9.15 Å². The monoisotopic (exact) mass is 416 g/mol. The molecule has 0 aliphatic rings. The quantitative estimate of drug-likeness (QED) is 0.448. The van der Waals surface area contributed by atoms with Gasteiger partial charge >= 0.3 is 0 Å². The van der Waals surface area contributed by atoms with E-state index >= 15 is 0 Å². The number of aromatic nitrogens is 3. The van der Waals surface area contributed by atoms with Gasteiger partial charge in [-0.2, -0.15) is 0 Å². The molecule has 31 heavy (non-hydrogen) atoms. The van der Waals surface area contributed by atoms with Crippen molar-refractivity contribution in [2.45, 2.75) is 32.2 Å². The zero-order chi connectivity index (χ0) is 21.5. The fourth-order valence-corrected chi connectivity index (χ4v) is 3.28. The smallest absolute Gasteiger partial charge is 0.220 e. The molecule has 1 amide bonds. The first-order valence-corrected chi connectivity index (χ1v) is 10.2. The summed E-state index contributed by atoms with van der Waals surface area (Å²) in [6.07, 6.45) is 3.94. The first kappa shape index (κ1) is 20.5. The number of nitrogens with one attached hydrogen (secondary N) is 1. The Morgan fingerprint density at radius 3 is 2.55 bits per heavy atom. The number of nitrogens with zero attached hydrogens (tertiary/aromatic N) is 3. The number of benzene rings is 2. The van der Waals surface area contributed by atoms with Crippen LogP contribution >= 0.6 is 0 Å². The van der Waals surface area contributed by atoms with Crippen molar-refractivity contribution < 1.29 is 13.9 Å². The van der Waals surface area contributed by atoms with Crippen molar-refractivity contribution in [2.75, 3.05) is 7.11 Å². The summed E-state index contributed by atoms with van der Waals surface area (Å²) in [5, 5.41) is 12.1. The van der Waals surface area contributed by atoms with Crippen LogP contribution in [-0.4, -0.2) is 28.2 Å². The Kier molecular flexibility index (Phi) is 6.52. The summed E-state index contributed by atoms with van der Waals surface area (Å²) < 4.78 is 10.8. The van der Waals surface area contributed by atoms with E-state index in [1.165, 1.54) is 5.56 Å². The molecule has 0 saturated carbocycles. The maximum atomic E-state index is 12.2. The number of hydrogen-bond donors (Lipinski definition) is 1. The van der Waals surface area contributed by atoms with Crippen LogP contribution < -0.4 is 10.1 Å². The molecule has 0 aliphatic carbocycles. The number of methoxy groups -OCH3 is 1. The number of ether oxygens (including phenoxy) is 1. The van der Waals surface area contributed by atoms with Crippen LogP contribution in [0.4, 0.5) is 0 Å². The predicted octanol–water partition coefficient (Wildman–Crippen LogP) is 3.66. The largest absolute Gasteiger partial charge is 0.497 e. The second-order valence-electron chi connectivity index (χ2n) is 7.24. The summed E-state index contributed by atoms with van der Waals surface area (Å²) in [4.78, 5) is 16.5. The fourth-order valence-electron chi connectivity index (χ4n) is 3.28. The van der Waals surface area contributed by atoms with Crippen molar-refractivity contribution >= 4 is 16.8 Å². The van der Waals surface area contributed by atoms with E-state index in [1.54, 1.807) is 13.3 Å². The molecule has 0 bridgehead atoms. The third-order valence-electron chi connectivity index (χ3n) is 5.02. The van der Waals surface area contributed by atoms with Crippen LogP contribution in [0.3, 0.4) is 0 Å². The molecule has 158 valence electrons. The summed E-state index contributed by atoms with van der Waals surface area (Å²) in [7, 11) is 1.65. The highest BCUT2D eigenvalue weighted by Gasteiger charge is 2.10. The maximum absolute atomic E-state index is 12.2. The molecule has 0 unspecified atom stereocenters. The van der Waals surface area contributed by atoms with E-state index in [0.717, 1.165) is 28.6 Å². The van der Waals surface area contributed by atoms with Gasteiger partial charge in [0.15, 0.2) is 0 Å². The van der Waals surface area contributed by atoms with Gasteiger partial charge in [-0.25, -0.2) is 0 Å². The molecule has 0 saturated heterocycles. The van der Waals surface area contributed by atoms with E-state index in [2.05, 4.69) is 20.5 Å². The van der Waals surface area contributed by atoms with E-state index in [9.17, 15) is 4.79 Å². The number of carbonyl (C=O) groups is 1. The number of aryl methyl sites for hydroxylation is 3. The number of hydrogen-bond acceptors (Lipinski definition) is 6. The third kappa shape index (κ3) is 5.66. The van der Waals surface area contributed by atoms with Crippen LogP contribution in [0.15, 0.2) is 65.2 Å². The molecule has 2 aromatic carbocycles. The second-order valence-corrected chi connectivity index (χ2v) is 7.24. The lowest BCUT2D eigenvalue weighted by Crippen LogP contribution is -2.23. The molecule has 2 aromatic heterocycles. The molecule has 0 fully saturated rings. The highest BCUT2D eigenvalue weighted by atomic mass is 16.5. The molecule has 0 atom stereocenters. The minimum absolute atomic E-state index is 0.0516. The third-order valence-corrected chi connectivity index (χ3v) is 5.02. The average Bonchev–Trinajstić information content (AvgIpc) is 3.28. The predicted molar refractivity (Wildman–Crippen MR) is 117 cm³/mol. The first-order chi connectivity index (χ1) is 15.2. The topological polar surface area (TPSA) is 90.1 Å². The van der Waals surface area contributed by atoms with Crippen molar-refractivity contribution in [1.29, 1.82) is 0 Å². The highest BCUT2D eigenvalue weighted by Crippen LogP contribution is 2.14. The lowest BCUT2D eigenvalue weighted by molar-refractivity contribution is -0.121. The van der Waals surface area contributed by atoms with Gasteiger partial charge in [0.1, 0.15) is 5.75 Å². The summed E-state index contributed by atoms with van der Waals surface area (Å²) in [5.41, 5.74) is 3.15. The van der Waals surface area contributed by atoms with E-state index in [1.807, 2.05) is 54.6 Å². The Morgan fingerprint density at radius 2 is 1.74 bits per heavy atom. The average molecular weight is 416 g/mol. The van der Waals surface area contributed by atoms with Gasteiger partial charge in [-0.3, -0.25) is 9.78 Å². The van der Waals surface area contributed by atoms with Crippen molar-refractivity contribution in [3.63, 3.8) is 0 Å². The molecule has 4 aromatic rings. The van der Waals surface area contributed by atoms with E-state index in [0.29, 0.717) is 37.6 Å². The first-order valence-electron chi connectivity index (χ1n) is 10.2. The Hall–Kier alpha value is -3.74. The second kappa shape index (κ2) is 9.84. The van der Waals surface area contributed by atoms with Crippen molar-refractivity contribution in [3.8, 4) is 5.75 Å². The lowest BCUT2D eigenvalue weighted by atomic mass is 10.1. The Balaban J connectivity index is 1.21. The Bertz CT molecular complexity index is 1150. The summed E-state index contributed by atoms with van der Waals surface area (Å²) in [5.74, 6) is 1.84. The highest BCUT2D eigenvalue weighted by molar-refractivity contribution is 5.79. The zero-order valence-corrected chi connectivity index (χ0v) is 17.4. The minimum Gasteiger partial charge on any atom is -0.497 e. The van der Waals surface area contributed by atoms with Gasteiger partial charge in [0, 0.05) is 37.4 Å².